The molecule has 4 atom stereocenters. The summed E-state index contributed by atoms with van der Waals surface area (Å²) in [4.78, 5) is 23.5. The molecular weight excluding hydrogens is 680 g/mol. The summed E-state index contributed by atoms with van der Waals surface area (Å²) in [5.41, 5.74) is 0. The molecule has 0 bridgehead atoms. The van der Waals surface area contributed by atoms with Crippen LogP contribution in [0, 0.1) is 23.7 Å². The second kappa shape index (κ2) is 36.7. The monoisotopic (exact) mass is 748 g/mol. The first kappa shape index (κ1) is 47.6. The van der Waals surface area contributed by atoms with Crippen LogP contribution in [0.5, 0.6) is 0 Å². The molecule has 0 aromatic carbocycles. The Morgan fingerprint density at radius 1 is 0.415 bits per heavy atom. The van der Waals surface area contributed by atoms with Crippen molar-refractivity contribution >= 4 is 66.1 Å². The van der Waals surface area contributed by atoms with Crippen molar-refractivity contribution in [3.8, 4) is 0 Å². The van der Waals surface area contributed by atoms with Crippen molar-refractivity contribution in [3.63, 3.8) is 0 Å². The Labute approximate surface area is 299 Å². The molecule has 0 rings (SSSR count). The van der Waals surface area contributed by atoms with E-state index in [0.29, 0.717) is 50.1 Å². The fourth-order valence-electron chi connectivity index (χ4n) is 4.33. The zero-order chi connectivity index (χ0) is 30.4. The van der Waals surface area contributed by atoms with Crippen LogP contribution in [0.1, 0.15) is 158 Å². The molecule has 0 aromatic heterocycles. The molecule has 0 aliphatic rings. The van der Waals surface area contributed by atoms with Gasteiger partial charge in [0.2, 0.25) is 0 Å². The molecule has 0 fully saturated rings. The van der Waals surface area contributed by atoms with Gasteiger partial charge in [0.1, 0.15) is 0 Å². The van der Waals surface area contributed by atoms with Crippen molar-refractivity contribution in [2.24, 2.45) is 23.7 Å². The molecule has 244 valence electrons. The average Bonchev–Trinajstić information content (AvgIpc) is 2.97. The fraction of sp³-hybridized carbons (Fsp3) is 1.00. The van der Waals surface area contributed by atoms with Crippen LogP contribution in [-0.2, 0) is 18.1 Å². The summed E-state index contributed by atoms with van der Waals surface area (Å²) < 4.78 is 21.5. The first-order valence-corrected chi connectivity index (χ1v) is 19.0. The van der Waals surface area contributed by atoms with Crippen LogP contribution in [0.25, 0.3) is 0 Å². The molecule has 0 radical (unpaired) electrons. The second-order valence-electron chi connectivity index (χ2n) is 11.3. The zero-order valence-electron chi connectivity index (χ0n) is 28.5. The molecular formula is C32H68BaO6P2. The number of hydrogen-bond acceptors (Lipinski definition) is 6. The van der Waals surface area contributed by atoms with Crippen molar-refractivity contribution in [1.82, 2.24) is 0 Å². The van der Waals surface area contributed by atoms with Crippen LogP contribution in [0.4, 0.5) is 0 Å². The predicted molar refractivity (Wildman–Crippen MR) is 177 cm³/mol. The Kier molecular flexibility index (Phi) is 42.6. The van der Waals surface area contributed by atoms with Crippen LogP contribution >= 0.6 is 17.2 Å². The molecule has 41 heavy (non-hydrogen) atoms. The maximum Gasteiger partial charge on any atom is 2.00 e. The van der Waals surface area contributed by atoms with Gasteiger partial charge in [-0.1, -0.05) is 132 Å². The Bertz CT molecular complexity index is 413. The molecule has 0 spiro atoms. The van der Waals surface area contributed by atoms with Crippen LogP contribution in [0.2, 0.25) is 0 Å². The second-order valence-corrected chi connectivity index (χ2v) is 13.2. The molecule has 0 aliphatic carbocycles. The van der Waals surface area contributed by atoms with Gasteiger partial charge in [0, 0.05) is 0 Å². The average molecular weight is 748 g/mol. The minimum absolute atomic E-state index is 0. The minimum atomic E-state index is -1.94. The van der Waals surface area contributed by atoms with E-state index in [2.05, 4.69) is 55.4 Å². The van der Waals surface area contributed by atoms with E-state index < -0.39 is 17.2 Å². The fourth-order valence-corrected chi connectivity index (χ4v) is 5.81. The van der Waals surface area contributed by atoms with E-state index in [-0.39, 0.29) is 48.9 Å². The molecule has 6 nitrogen and oxygen atoms in total. The summed E-state index contributed by atoms with van der Waals surface area (Å²) in [7, 11) is -3.87. The number of unbranched alkanes of at least 4 members (excludes halogenated alkanes) is 4. The van der Waals surface area contributed by atoms with Crippen LogP contribution in [0.3, 0.4) is 0 Å². The molecule has 0 aromatic rings. The summed E-state index contributed by atoms with van der Waals surface area (Å²) in [6.45, 7) is 19.7. The van der Waals surface area contributed by atoms with Gasteiger partial charge >= 0.3 is 48.9 Å². The topological polar surface area (TPSA) is 83.0 Å². The Morgan fingerprint density at radius 2 is 0.610 bits per heavy atom. The third kappa shape index (κ3) is 31.9. The molecule has 0 saturated carbocycles. The Balaban J connectivity index is -0.000000688. The van der Waals surface area contributed by atoms with E-state index in [1.54, 1.807) is 0 Å². The molecule has 0 aliphatic heterocycles. The summed E-state index contributed by atoms with van der Waals surface area (Å²) in [5, 5.41) is 0. The summed E-state index contributed by atoms with van der Waals surface area (Å²) >= 11 is 0. The van der Waals surface area contributed by atoms with E-state index in [4.69, 9.17) is 18.1 Å². The van der Waals surface area contributed by atoms with Crippen LogP contribution in [0.15, 0.2) is 0 Å². The molecule has 9 heteroatoms. The van der Waals surface area contributed by atoms with Gasteiger partial charge in [0.15, 0.2) is 0 Å². The van der Waals surface area contributed by atoms with E-state index in [9.17, 15) is 9.79 Å². The molecule has 0 saturated heterocycles. The largest absolute Gasteiger partial charge is 2.00 e. The van der Waals surface area contributed by atoms with Gasteiger partial charge in [0.25, 0.3) is 0 Å². The first-order chi connectivity index (χ1) is 19.3. The van der Waals surface area contributed by atoms with Gasteiger partial charge in [-0.05, 0) is 49.4 Å². The van der Waals surface area contributed by atoms with Crippen molar-refractivity contribution < 1.29 is 27.9 Å². The zero-order valence-corrected chi connectivity index (χ0v) is 34.7. The summed E-state index contributed by atoms with van der Waals surface area (Å²) in [5.74, 6) is 2.05. The Morgan fingerprint density at radius 3 is 0.756 bits per heavy atom. The maximum absolute atomic E-state index is 11.7. The van der Waals surface area contributed by atoms with Gasteiger partial charge < -0.3 is 27.9 Å². The van der Waals surface area contributed by atoms with E-state index >= 15 is 0 Å². The molecule has 4 unspecified atom stereocenters. The molecule has 0 heterocycles. The number of rotatable bonds is 28. The molecule has 0 amide bonds. The minimum Gasteiger partial charge on any atom is -0.786 e. The van der Waals surface area contributed by atoms with Gasteiger partial charge in [-0.3, -0.25) is 0 Å². The summed E-state index contributed by atoms with van der Waals surface area (Å²) in [6.07, 6.45) is 18.6. The van der Waals surface area contributed by atoms with Gasteiger partial charge in [-0.25, -0.2) is 0 Å². The maximum atomic E-state index is 11.7. The first-order valence-electron chi connectivity index (χ1n) is 16.8. The van der Waals surface area contributed by atoms with Gasteiger partial charge in [-0.2, -0.15) is 0 Å². The van der Waals surface area contributed by atoms with Gasteiger partial charge in [-0.15, -0.1) is 0 Å². The predicted octanol–water partition coefficient (Wildman–Crippen LogP) is 9.70. The summed E-state index contributed by atoms with van der Waals surface area (Å²) in [6, 6.07) is 0. The van der Waals surface area contributed by atoms with Crippen molar-refractivity contribution in [2.75, 3.05) is 26.4 Å². The van der Waals surface area contributed by atoms with Crippen molar-refractivity contribution in [3.05, 3.63) is 0 Å². The smallest absolute Gasteiger partial charge is 0.786 e. The van der Waals surface area contributed by atoms with Crippen molar-refractivity contribution in [1.29, 1.82) is 0 Å². The van der Waals surface area contributed by atoms with Gasteiger partial charge in [0.05, 0.1) is 43.6 Å². The number of hydrogen-bond donors (Lipinski definition) is 0. The van der Waals surface area contributed by atoms with Crippen molar-refractivity contribution in [2.45, 2.75) is 158 Å². The quantitative estimate of drug-likeness (QED) is 0.0586. The third-order valence-corrected chi connectivity index (χ3v) is 9.28. The van der Waals surface area contributed by atoms with Crippen LogP contribution < -0.4 is 9.79 Å². The van der Waals surface area contributed by atoms with E-state index in [1.165, 1.54) is 51.4 Å². The SMILES string of the molecule is CCCCC(CC)COP([O-])OCC(CC)CCCC.CCCCC(CC)COP([O-])OCC(CC)CCCC.[Ba+2]. The standard InChI is InChI=1S/2C16H34O3P.Ba/c2*1-5-9-11-15(7-3)13-18-20(17)19-14-16(8-4)12-10-6-2;/h2*15-16H,5-14H2,1-4H3;/q2*-1;+2. The Hall–Kier alpha value is 2.19. The van der Waals surface area contributed by atoms with E-state index in [0.717, 1.165) is 51.4 Å². The molecule has 0 N–H and O–H groups in total. The third-order valence-electron chi connectivity index (χ3n) is 7.84. The van der Waals surface area contributed by atoms with E-state index in [1.807, 2.05) is 0 Å². The normalized spacial score (nSPS) is 15.7. The van der Waals surface area contributed by atoms with Crippen LogP contribution in [-0.4, -0.2) is 75.3 Å².